The molecule has 0 bridgehead atoms. The van der Waals surface area contributed by atoms with Crippen LogP contribution in [0.5, 0.6) is 0 Å². The molecule has 5 rings (SSSR count). The summed E-state index contributed by atoms with van der Waals surface area (Å²) in [5.41, 5.74) is 3.31. The summed E-state index contributed by atoms with van der Waals surface area (Å²) in [7, 11) is 0. The number of Topliss-reactive ketones (excluding diaryl/α,β-unsaturated/α-hetero) is 1. The molecule has 32 heavy (non-hydrogen) atoms. The highest BCUT2D eigenvalue weighted by atomic mass is 32.1. The zero-order chi connectivity index (χ0) is 21.9. The van der Waals surface area contributed by atoms with Crippen LogP contribution in [0.25, 0.3) is 10.9 Å². The molecule has 0 aliphatic carbocycles. The van der Waals surface area contributed by atoms with E-state index in [1.54, 1.807) is 6.20 Å². The van der Waals surface area contributed by atoms with Crippen molar-refractivity contribution in [3.8, 4) is 0 Å². The van der Waals surface area contributed by atoms with E-state index in [2.05, 4.69) is 21.7 Å². The lowest BCUT2D eigenvalue weighted by atomic mass is 10.0. The summed E-state index contributed by atoms with van der Waals surface area (Å²) in [6.07, 6.45) is 3.91. The van der Waals surface area contributed by atoms with Crippen molar-refractivity contribution in [2.24, 2.45) is 0 Å². The van der Waals surface area contributed by atoms with Crippen molar-refractivity contribution in [1.82, 2.24) is 14.5 Å². The Kier molecular flexibility index (Phi) is 5.83. The zero-order valence-electron chi connectivity index (χ0n) is 17.6. The fraction of sp³-hybridized carbons (Fsp3) is 0.240. The average molecular weight is 446 g/mol. The molecule has 0 unspecified atom stereocenters. The summed E-state index contributed by atoms with van der Waals surface area (Å²) in [4.78, 5) is 32.3. The van der Waals surface area contributed by atoms with Gasteiger partial charge in [0.2, 0.25) is 0 Å². The lowest BCUT2D eigenvalue weighted by Gasteiger charge is -2.26. The highest BCUT2D eigenvalue weighted by molar-refractivity contribution is 7.09. The Hall–Kier alpha value is -3.29. The maximum atomic E-state index is 13.1. The first-order valence-electron chi connectivity index (χ1n) is 10.6. The maximum Gasteiger partial charge on any atom is 0.254 e. The van der Waals surface area contributed by atoms with Crippen molar-refractivity contribution in [2.45, 2.75) is 13.0 Å². The molecule has 2 aromatic heterocycles. The van der Waals surface area contributed by atoms with Gasteiger partial charge < -0.3 is 14.2 Å². The van der Waals surface area contributed by atoms with E-state index in [0.717, 1.165) is 21.5 Å². The third kappa shape index (κ3) is 4.22. The van der Waals surface area contributed by atoms with Crippen molar-refractivity contribution in [3.05, 3.63) is 88.0 Å². The van der Waals surface area contributed by atoms with Gasteiger partial charge in [0, 0.05) is 59.4 Å². The Balaban J connectivity index is 1.53. The van der Waals surface area contributed by atoms with E-state index in [1.807, 2.05) is 52.9 Å². The van der Waals surface area contributed by atoms with Gasteiger partial charge in [-0.25, -0.2) is 4.98 Å². The fourth-order valence-corrected chi connectivity index (χ4v) is 4.69. The van der Waals surface area contributed by atoms with E-state index in [1.165, 1.54) is 11.3 Å². The first-order chi connectivity index (χ1) is 15.7. The van der Waals surface area contributed by atoms with Gasteiger partial charge in [-0.05, 0) is 17.7 Å². The Morgan fingerprint density at radius 1 is 1.06 bits per heavy atom. The van der Waals surface area contributed by atoms with E-state index >= 15 is 0 Å². The molecule has 0 atom stereocenters. The molecule has 1 saturated heterocycles. The monoisotopic (exact) mass is 445 g/mol. The van der Waals surface area contributed by atoms with Crippen molar-refractivity contribution in [3.63, 3.8) is 0 Å². The third-order valence-corrected chi connectivity index (χ3v) is 6.50. The first-order valence-corrected chi connectivity index (χ1v) is 11.5. The standard InChI is InChI=1S/C25H23N3O3S/c29-23(15-24-26-8-13-32-24)21-17-28(16-18-4-2-1-3-5-18)22-14-19(6-7-20(21)22)25(30)27-9-11-31-12-10-27/h1-8,13-14,17H,9-12,15-16H2. The second-order valence-corrected chi connectivity index (χ2v) is 8.80. The number of thiazole rings is 1. The van der Waals surface area contributed by atoms with Crippen molar-refractivity contribution in [2.75, 3.05) is 26.3 Å². The minimum Gasteiger partial charge on any atom is -0.378 e. The predicted octanol–water partition coefficient (Wildman–Crippen LogP) is 4.04. The number of amides is 1. The van der Waals surface area contributed by atoms with Crippen LogP contribution in [0.1, 0.15) is 31.3 Å². The summed E-state index contributed by atoms with van der Waals surface area (Å²) in [5, 5.41) is 3.55. The van der Waals surface area contributed by atoms with Gasteiger partial charge in [-0.3, -0.25) is 9.59 Å². The van der Waals surface area contributed by atoms with E-state index in [9.17, 15) is 9.59 Å². The second-order valence-electron chi connectivity index (χ2n) is 7.82. The topological polar surface area (TPSA) is 64.4 Å². The molecule has 0 N–H and O–H groups in total. The second kappa shape index (κ2) is 9.06. The zero-order valence-corrected chi connectivity index (χ0v) is 18.4. The Bertz CT molecular complexity index is 1240. The molecule has 3 heterocycles. The predicted molar refractivity (Wildman–Crippen MR) is 124 cm³/mol. The fourth-order valence-electron chi connectivity index (χ4n) is 4.08. The van der Waals surface area contributed by atoms with Gasteiger partial charge in [-0.15, -0.1) is 11.3 Å². The SMILES string of the molecule is O=C(Cc1nccs1)c1cn(Cc2ccccc2)c2cc(C(=O)N3CCOCC3)ccc12. The molecule has 162 valence electrons. The molecule has 1 fully saturated rings. The lowest BCUT2D eigenvalue weighted by Crippen LogP contribution is -2.40. The Morgan fingerprint density at radius 2 is 1.88 bits per heavy atom. The third-order valence-electron chi connectivity index (χ3n) is 5.72. The van der Waals surface area contributed by atoms with Crippen LogP contribution in [-0.4, -0.2) is 52.4 Å². The van der Waals surface area contributed by atoms with Gasteiger partial charge in [0.25, 0.3) is 5.91 Å². The molecule has 7 heteroatoms. The molecule has 4 aromatic rings. The molecule has 0 saturated carbocycles. The maximum absolute atomic E-state index is 13.1. The van der Waals surface area contributed by atoms with Crippen LogP contribution >= 0.6 is 11.3 Å². The van der Waals surface area contributed by atoms with Crippen LogP contribution in [0.3, 0.4) is 0 Å². The van der Waals surface area contributed by atoms with Crippen LogP contribution in [0, 0.1) is 0 Å². The van der Waals surface area contributed by atoms with Gasteiger partial charge in [-0.1, -0.05) is 36.4 Å². The molecule has 0 radical (unpaired) electrons. The van der Waals surface area contributed by atoms with Gasteiger partial charge in [0.15, 0.2) is 5.78 Å². The van der Waals surface area contributed by atoms with Crippen LogP contribution in [-0.2, 0) is 17.7 Å². The average Bonchev–Trinajstić information content (AvgIpc) is 3.47. The lowest BCUT2D eigenvalue weighted by molar-refractivity contribution is 0.0303. The van der Waals surface area contributed by atoms with Gasteiger partial charge in [-0.2, -0.15) is 0 Å². The molecular weight excluding hydrogens is 422 g/mol. The van der Waals surface area contributed by atoms with Gasteiger partial charge in [0.05, 0.1) is 19.6 Å². The number of benzene rings is 2. The quantitative estimate of drug-likeness (QED) is 0.420. The molecule has 1 amide bonds. The summed E-state index contributed by atoms with van der Waals surface area (Å²) in [6, 6.07) is 15.8. The van der Waals surface area contributed by atoms with Crippen molar-refractivity contribution in [1.29, 1.82) is 0 Å². The highest BCUT2D eigenvalue weighted by Crippen LogP contribution is 2.26. The summed E-state index contributed by atoms with van der Waals surface area (Å²) in [6.45, 7) is 2.94. The number of fused-ring (bicyclic) bond motifs is 1. The number of carbonyl (C=O) groups is 2. The van der Waals surface area contributed by atoms with Crippen LogP contribution in [0.15, 0.2) is 66.3 Å². The number of nitrogens with zero attached hydrogens (tertiary/aromatic N) is 3. The molecule has 6 nitrogen and oxygen atoms in total. The van der Waals surface area contributed by atoms with Crippen molar-refractivity contribution >= 4 is 33.9 Å². The number of ether oxygens (including phenoxy) is 1. The normalized spacial score (nSPS) is 14.1. The molecule has 1 aliphatic heterocycles. The largest absolute Gasteiger partial charge is 0.378 e. The van der Waals surface area contributed by atoms with Crippen LogP contribution in [0.2, 0.25) is 0 Å². The molecule has 1 aliphatic rings. The Labute approximate surface area is 190 Å². The molecule has 0 spiro atoms. The number of hydrogen-bond donors (Lipinski definition) is 0. The van der Waals surface area contributed by atoms with Crippen LogP contribution < -0.4 is 0 Å². The summed E-state index contributed by atoms with van der Waals surface area (Å²) < 4.78 is 7.44. The van der Waals surface area contributed by atoms with Crippen LogP contribution in [0.4, 0.5) is 0 Å². The van der Waals surface area contributed by atoms with Gasteiger partial charge in [0.1, 0.15) is 5.01 Å². The van der Waals surface area contributed by atoms with Crippen molar-refractivity contribution < 1.29 is 14.3 Å². The molecule has 2 aromatic carbocycles. The van der Waals surface area contributed by atoms with E-state index in [-0.39, 0.29) is 18.1 Å². The minimum atomic E-state index is -0.00155. The highest BCUT2D eigenvalue weighted by Gasteiger charge is 2.22. The Morgan fingerprint density at radius 3 is 2.62 bits per heavy atom. The van der Waals surface area contributed by atoms with Gasteiger partial charge >= 0.3 is 0 Å². The smallest absolute Gasteiger partial charge is 0.254 e. The summed E-state index contributed by atoms with van der Waals surface area (Å²) >= 11 is 1.48. The molecular formula is C25H23N3O3S. The number of carbonyl (C=O) groups excluding carboxylic acids is 2. The van der Waals surface area contributed by atoms with E-state index < -0.39 is 0 Å². The van der Waals surface area contributed by atoms with E-state index in [4.69, 9.17) is 4.74 Å². The number of hydrogen-bond acceptors (Lipinski definition) is 5. The number of morpholine rings is 1. The number of ketones is 1. The minimum absolute atomic E-state index is 0.00155. The number of rotatable bonds is 6. The number of aromatic nitrogens is 2. The summed E-state index contributed by atoms with van der Waals surface area (Å²) in [5.74, 6) is 0.0299. The van der Waals surface area contributed by atoms with E-state index in [0.29, 0.717) is 44.0 Å². The first kappa shape index (κ1) is 20.6.